The Balaban J connectivity index is 2.27. The van der Waals surface area contributed by atoms with Crippen LogP contribution < -0.4 is 10.5 Å². The molecule has 0 radical (unpaired) electrons. The number of carbonyl (C=O) groups excluding carboxylic acids is 1. The number of ether oxygens (including phenoxy) is 1. The molecule has 0 aromatic heterocycles. The van der Waals surface area contributed by atoms with Crippen LogP contribution in [0.4, 0.5) is 0 Å². The van der Waals surface area contributed by atoms with Gasteiger partial charge in [-0.15, -0.1) is 0 Å². The molecule has 1 aliphatic heterocycles. The molecule has 0 spiro atoms. The maximum Gasteiger partial charge on any atom is 0.259 e. The third-order valence-electron chi connectivity index (χ3n) is 3.57. The lowest BCUT2D eigenvalue weighted by atomic mass is 10.1. The van der Waals surface area contributed by atoms with Crippen LogP contribution in [0.15, 0.2) is 18.2 Å². The van der Waals surface area contributed by atoms with E-state index in [0.29, 0.717) is 11.3 Å². The summed E-state index contributed by atoms with van der Waals surface area (Å²) in [5.41, 5.74) is 7.10. The molecule has 0 aliphatic carbocycles. The molecule has 7 heteroatoms. The highest BCUT2D eigenvalue weighted by molar-refractivity contribution is 7.94. The van der Waals surface area contributed by atoms with Gasteiger partial charge in [-0.3, -0.25) is 4.79 Å². The minimum atomic E-state index is -3.56. The second-order valence-electron chi connectivity index (χ2n) is 5.18. The predicted molar refractivity (Wildman–Crippen MR) is 74.4 cm³/mol. The topological polar surface area (TPSA) is 89.7 Å². The molecule has 0 saturated carbocycles. The van der Waals surface area contributed by atoms with E-state index in [4.69, 9.17) is 10.5 Å². The molecule has 1 fully saturated rings. The van der Waals surface area contributed by atoms with Gasteiger partial charge in [0.2, 0.25) is 0 Å². The summed E-state index contributed by atoms with van der Waals surface area (Å²) in [6, 6.07) is 5.21. The summed E-state index contributed by atoms with van der Waals surface area (Å²) >= 11 is 0. The van der Waals surface area contributed by atoms with Crippen molar-refractivity contribution >= 4 is 15.9 Å². The summed E-state index contributed by atoms with van der Waals surface area (Å²) < 4.78 is 28.8. The average Bonchev–Trinajstić information content (AvgIpc) is 2.43. The van der Waals surface area contributed by atoms with Crippen molar-refractivity contribution in [2.75, 3.05) is 7.11 Å². The maximum atomic E-state index is 12.0. The molecular formula is C13H18N2O4S. The smallest absolute Gasteiger partial charge is 0.259 e. The largest absolute Gasteiger partial charge is 0.496 e. The molecule has 1 aromatic rings. The lowest BCUT2D eigenvalue weighted by molar-refractivity contribution is -0.132. The molecule has 1 amide bonds. The Morgan fingerprint density at radius 1 is 1.35 bits per heavy atom. The highest BCUT2D eigenvalue weighted by atomic mass is 32.2. The molecule has 2 N–H and O–H groups in total. The fourth-order valence-corrected chi connectivity index (χ4v) is 3.68. The molecule has 1 aliphatic rings. The minimum Gasteiger partial charge on any atom is -0.496 e. The van der Waals surface area contributed by atoms with E-state index in [1.54, 1.807) is 25.3 Å². The summed E-state index contributed by atoms with van der Waals surface area (Å²) in [6.45, 7) is 3.14. The highest BCUT2D eigenvalue weighted by Crippen LogP contribution is 2.36. The number of rotatable bonds is 4. The van der Waals surface area contributed by atoms with Gasteiger partial charge in [-0.05, 0) is 31.5 Å². The van der Waals surface area contributed by atoms with Crippen molar-refractivity contribution in [3.8, 4) is 5.75 Å². The van der Waals surface area contributed by atoms with Gasteiger partial charge in [0, 0.05) is 12.1 Å². The van der Waals surface area contributed by atoms with E-state index in [0.717, 1.165) is 9.87 Å². The second-order valence-corrected chi connectivity index (χ2v) is 7.59. The average molecular weight is 298 g/mol. The maximum absolute atomic E-state index is 12.0. The summed E-state index contributed by atoms with van der Waals surface area (Å²) in [5.74, 6) is 0.261. The number of sulfonamides is 1. The first-order chi connectivity index (χ1) is 9.25. The Hall–Kier alpha value is -1.60. The van der Waals surface area contributed by atoms with Gasteiger partial charge < -0.3 is 10.5 Å². The molecule has 1 heterocycles. The summed E-state index contributed by atoms with van der Waals surface area (Å²) in [6.07, 6.45) is 0. The predicted octanol–water partition coefficient (Wildman–Crippen LogP) is 0.604. The Bertz CT molecular complexity index is 652. The molecule has 110 valence electrons. The molecule has 1 saturated heterocycles. The van der Waals surface area contributed by atoms with Crippen LogP contribution in [0.5, 0.6) is 5.75 Å². The minimum absolute atomic E-state index is 0.0294. The van der Waals surface area contributed by atoms with Crippen LogP contribution in [0.1, 0.15) is 25.0 Å². The normalized spacial score (nSPS) is 19.6. The number of hydrogen-bond donors (Lipinski definition) is 1. The third-order valence-corrected chi connectivity index (χ3v) is 5.91. The van der Waals surface area contributed by atoms with E-state index in [1.165, 1.54) is 13.8 Å². The van der Waals surface area contributed by atoms with Gasteiger partial charge in [-0.2, -0.15) is 0 Å². The Kier molecular flexibility index (Phi) is 3.51. The van der Waals surface area contributed by atoms with E-state index in [-0.39, 0.29) is 19.0 Å². The molecule has 0 atom stereocenters. The summed E-state index contributed by atoms with van der Waals surface area (Å²) in [7, 11) is -2.02. The van der Waals surface area contributed by atoms with E-state index >= 15 is 0 Å². The fraction of sp³-hybridized carbons (Fsp3) is 0.462. The standard InChI is InChI=1S/C13H18N2O4S/c1-13(2)12(16)15(20(13,17)18)8-9-4-5-11(19-3)10(6-9)7-14/h4-6H,7-8,14H2,1-3H3. The summed E-state index contributed by atoms with van der Waals surface area (Å²) in [4.78, 5) is 11.9. The van der Waals surface area contributed by atoms with Gasteiger partial charge in [-0.1, -0.05) is 6.07 Å². The molecule has 20 heavy (non-hydrogen) atoms. The van der Waals surface area contributed by atoms with Gasteiger partial charge in [0.25, 0.3) is 15.9 Å². The Morgan fingerprint density at radius 2 is 2.00 bits per heavy atom. The molecule has 6 nitrogen and oxygen atoms in total. The number of hydrogen-bond acceptors (Lipinski definition) is 5. The zero-order valence-electron chi connectivity index (χ0n) is 11.7. The van der Waals surface area contributed by atoms with Gasteiger partial charge >= 0.3 is 0 Å². The SMILES string of the molecule is COc1ccc(CN2C(=O)C(C)(C)S2(=O)=O)cc1CN. The van der Waals surface area contributed by atoms with Crippen LogP contribution in [0.25, 0.3) is 0 Å². The zero-order chi connectivity index (χ0) is 15.1. The van der Waals surface area contributed by atoms with Crippen molar-refractivity contribution in [1.29, 1.82) is 0 Å². The summed E-state index contributed by atoms with van der Waals surface area (Å²) in [5, 5.41) is 0. The van der Waals surface area contributed by atoms with Crippen LogP contribution in [0.3, 0.4) is 0 Å². The van der Waals surface area contributed by atoms with Crippen molar-refractivity contribution in [3.05, 3.63) is 29.3 Å². The number of methoxy groups -OCH3 is 1. The van der Waals surface area contributed by atoms with Crippen LogP contribution in [0.2, 0.25) is 0 Å². The first kappa shape index (κ1) is 14.8. The fourth-order valence-electron chi connectivity index (χ4n) is 2.17. The van der Waals surface area contributed by atoms with Crippen molar-refractivity contribution in [2.24, 2.45) is 5.73 Å². The van der Waals surface area contributed by atoms with E-state index < -0.39 is 14.8 Å². The Morgan fingerprint density at radius 3 is 2.50 bits per heavy atom. The van der Waals surface area contributed by atoms with E-state index in [1.807, 2.05) is 0 Å². The van der Waals surface area contributed by atoms with Crippen LogP contribution in [-0.2, 0) is 27.9 Å². The number of benzene rings is 1. The zero-order valence-corrected chi connectivity index (χ0v) is 12.5. The van der Waals surface area contributed by atoms with Crippen LogP contribution in [0, 0.1) is 0 Å². The van der Waals surface area contributed by atoms with Crippen molar-refractivity contribution in [3.63, 3.8) is 0 Å². The number of amides is 1. The first-order valence-electron chi connectivity index (χ1n) is 6.18. The van der Waals surface area contributed by atoms with Gasteiger partial charge in [0.05, 0.1) is 13.7 Å². The van der Waals surface area contributed by atoms with Gasteiger partial charge in [0.1, 0.15) is 5.75 Å². The van der Waals surface area contributed by atoms with Crippen molar-refractivity contribution in [2.45, 2.75) is 31.7 Å². The van der Waals surface area contributed by atoms with E-state index in [9.17, 15) is 13.2 Å². The lowest BCUT2D eigenvalue weighted by Gasteiger charge is -2.43. The van der Waals surface area contributed by atoms with Crippen molar-refractivity contribution in [1.82, 2.24) is 4.31 Å². The van der Waals surface area contributed by atoms with Crippen molar-refractivity contribution < 1.29 is 17.9 Å². The molecule has 1 aromatic carbocycles. The quantitative estimate of drug-likeness (QED) is 0.879. The molecule has 0 unspecified atom stereocenters. The second kappa shape index (κ2) is 4.75. The lowest BCUT2D eigenvalue weighted by Crippen LogP contribution is -2.66. The van der Waals surface area contributed by atoms with Crippen LogP contribution in [-0.4, -0.2) is 30.5 Å². The third kappa shape index (κ3) is 1.97. The van der Waals surface area contributed by atoms with E-state index in [2.05, 4.69) is 0 Å². The molecule has 0 bridgehead atoms. The van der Waals surface area contributed by atoms with Gasteiger partial charge in [-0.25, -0.2) is 12.7 Å². The highest BCUT2D eigenvalue weighted by Gasteiger charge is 2.59. The van der Waals surface area contributed by atoms with Crippen LogP contribution >= 0.6 is 0 Å². The molecular weight excluding hydrogens is 280 g/mol. The Labute approximate surface area is 118 Å². The number of nitrogens with two attached hydrogens (primary N) is 1. The monoisotopic (exact) mass is 298 g/mol. The number of carbonyl (C=O) groups is 1. The molecule has 2 rings (SSSR count). The first-order valence-corrected chi connectivity index (χ1v) is 7.62. The number of nitrogens with zero attached hydrogens (tertiary/aromatic N) is 1. The van der Waals surface area contributed by atoms with Gasteiger partial charge in [0.15, 0.2) is 4.75 Å².